The molecule has 0 spiro atoms. The van der Waals surface area contributed by atoms with Gasteiger partial charge in [-0.3, -0.25) is 9.79 Å². The van der Waals surface area contributed by atoms with Gasteiger partial charge in [-0.05, 0) is 25.3 Å². The van der Waals surface area contributed by atoms with Crippen molar-refractivity contribution < 1.29 is 20.1 Å². The highest BCUT2D eigenvalue weighted by molar-refractivity contribution is 7.12. The molecule has 7 N–H and O–H groups in total. The number of amidine groups is 1. The summed E-state index contributed by atoms with van der Waals surface area (Å²) < 4.78 is 0. The number of rotatable bonds is 5. The number of carbonyl (C=O) groups is 1. The molecule has 9 heteroatoms. The van der Waals surface area contributed by atoms with E-state index in [4.69, 9.17) is 11.5 Å². The molecule has 1 saturated carbocycles. The molecule has 1 amide bonds. The SMILES string of the molecule is NC(=O)C(C(N)=NC1CC(CO)C(O)C1O)c1nc2c(s1)CCC=C2. The quantitative estimate of drug-likeness (QED) is 0.337. The van der Waals surface area contributed by atoms with Crippen LogP contribution in [0.3, 0.4) is 0 Å². The van der Waals surface area contributed by atoms with E-state index in [1.165, 1.54) is 11.3 Å². The molecule has 25 heavy (non-hydrogen) atoms. The Balaban J connectivity index is 1.87. The predicted octanol–water partition coefficient (Wildman–Crippen LogP) is -0.869. The zero-order chi connectivity index (χ0) is 18.1. The van der Waals surface area contributed by atoms with E-state index in [-0.39, 0.29) is 18.9 Å². The van der Waals surface area contributed by atoms with Crippen LogP contribution in [0.5, 0.6) is 0 Å². The van der Waals surface area contributed by atoms with Crippen molar-refractivity contribution in [3.05, 3.63) is 21.7 Å². The second-order valence-corrected chi connectivity index (χ2v) is 7.53. The van der Waals surface area contributed by atoms with E-state index in [2.05, 4.69) is 9.98 Å². The van der Waals surface area contributed by atoms with Gasteiger partial charge in [0.2, 0.25) is 5.91 Å². The largest absolute Gasteiger partial charge is 0.396 e. The number of aryl methyl sites for hydroxylation is 1. The van der Waals surface area contributed by atoms with Crippen molar-refractivity contribution in [2.45, 2.75) is 43.4 Å². The summed E-state index contributed by atoms with van der Waals surface area (Å²) in [4.78, 5) is 21.7. The fourth-order valence-corrected chi connectivity index (χ4v) is 4.48. The van der Waals surface area contributed by atoms with Crippen molar-refractivity contribution in [2.75, 3.05) is 6.61 Å². The molecule has 5 atom stereocenters. The summed E-state index contributed by atoms with van der Waals surface area (Å²) in [7, 11) is 0. The lowest BCUT2D eigenvalue weighted by molar-refractivity contribution is -0.118. The van der Waals surface area contributed by atoms with Gasteiger partial charge in [-0.25, -0.2) is 4.98 Å². The summed E-state index contributed by atoms with van der Waals surface area (Å²) in [6.07, 6.45) is 3.78. The second-order valence-electron chi connectivity index (χ2n) is 6.42. The van der Waals surface area contributed by atoms with E-state index in [1.807, 2.05) is 12.2 Å². The number of aliphatic imine (C=N–C) groups is 1. The minimum atomic E-state index is -1.14. The smallest absolute Gasteiger partial charge is 0.235 e. The van der Waals surface area contributed by atoms with Gasteiger partial charge in [0.25, 0.3) is 0 Å². The van der Waals surface area contributed by atoms with E-state index in [9.17, 15) is 20.1 Å². The summed E-state index contributed by atoms with van der Waals surface area (Å²) in [6, 6.07) is -0.691. The van der Waals surface area contributed by atoms with Gasteiger partial charge in [-0.15, -0.1) is 11.3 Å². The maximum atomic E-state index is 12.0. The number of aliphatic hydroxyl groups excluding tert-OH is 3. The molecule has 0 aliphatic heterocycles. The molecule has 1 aromatic rings. The lowest BCUT2D eigenvalue weighted by atomic mass is 10.1. The highest BCUT2D eigenvalue weighted by Crippen LogP contribution is 2.32. The van der Waals surface area contributed by atoms with Gasteiger partial charge in [0.05, 0.1) is 17.8 Å². The number of amides is 1. The third-order valence-corrected chi connectivity index (χ3v) is 5.90. The van der Waals surface area contributed by atoms with Gasteiger partial charge >= 0.3 is 0 Å². The minimum absolute atomic E-state index is 0.0302. The zero-order valence-corrected chi connectivity index (χ0v) is 14.4. The third kappa shape index (κ3) is 3.45. The average Bonchev–Trinajstić information content (AvgIpc) is 3.10. The fourth-order valence-electron chi connectivity index (χ4n) is 3.29. The highest BCUT2D eigenvalue weighted by atomic mass is 32.1. The van der Waals surface area contributed by atoms with Gasteiger partial charge in [-0.2, -0.15) is 0 Å². The number of allylic oxidation sites excluding steroid dienone is 1. The first-order valence-corrected chi connectivity index (χ1v) is 8.99. The molecule has 3 rings (SSSR count). The van der Waals surface area contributed by atoms with Crippen LogP contribution in [0, 0.1) is 5.92 Å². The van der Waals surface area contributed by atoms with Crippen LogP contribution in [0.4, 0.5) is 0 Å². The van der Waals surface area contributed by atoms with Gasteiger partial charge < -0.3 is 26.8 Å². The van der Waals surface area contributed by atoms with Gasteiger partial charge in [0.15, 0.2) is 0 Å². The van der Waals surface area contributed by atoms with E-state index in [1.54, 1.807) is 0 Å². The maximum Gasteiger partial charge on any atom is 0.235 e. The number of thiazole rings is 1. The Hall–Kier alpha value is -1.81. The molecule has 8 nitrogen and oxygen atoms in total. The van der Waals surface area contributed by atoms with E-state index in [0.29, 0.717) is 5.01 Å². The Morgan fingerprint density at radius 3 is 2.76 bits per heavy atom. The van der Waals surface area contributed by atoms with Crippen molar-refractivity contribution in [3.8, 4) is 0 Å². The molecular weight excluding hydrogens is 344 g/mol. The number of aliphatic hydroxyl groups is 3. The molecule has 136 valence electrons. The van der Waals surface area contributed by atoms with Crippen LogP contribution in [0.2, 0.25) is 0 Å². The van der Waals surface area contributed by atoms with Crippen molar-refractivity contribution >= 4 is 29.2 Å². The van der Waals surface area contributed by atoms with Crippen molar-refractivity contribution in [1.82, 2.24) is 4.98 Å². The summed E-state index contributed by atoms with van der Waals surface area (Å²) in [5.74, 6) is -2.14. The first-order chi connectivity index (χ1) is 11.9. The Morgan fingerprint density at radius 1 is 1.40 bits per heavy atom. The molecule has 1 fully saturated rings. The van der Waals surface area contributed by atoms with Gasteiger partial charge in [-0.1, -0.05) is 6.08 Å². The van der Waals surface area contributed by atoms with Crippen LogP contribution in [-0.4, -0.2) is 56.9 Å². The number of primary amides is 1. The summed E-state index contributed by atoms with van der Waals surface area (Å²) >= 11 is 1.39. The normalized spacial score (nSPS) is 30.3. The topological polar surface area (TPSA) is 155 Å². The van der Waals surface area contributed by atoms with E-state index >= 15 is 0 Å². The number of aromatic nitrogens is 1. The lowest BCUT2D eigenvalue weighted by Gasteiger charge is -2.16. The van der Waals surface area contributed by atoms with Gasteiger partial charge in [0.1, 0.15) is 22.9 Å². The molecule has 2 aliphatic carbocycles. The number of carbonyl (C=O) groups excluding carboxylic acids is 1. The van der Waals surface area contributed by atoms with Crippen LogP contribution in [-0.2, 0) is 11.2 Å². The van der Waals surface area contributed by atoms with Crippen LogP contribution in [0.15, 0.2) is 11.1 Å². The zero-order valence-electron chi connectivity index (χ0n) is 13.6. The lowest BCUT2D eigenvalue weighted by Crippen LogP contribution is -2.36. The van der Waals surface area contributed by atoms with E-state index in [0.717, 1.165) is 23.4 Å². The summed E-state index contributed by atoms with van der Waals surface area (Å²) in [5, 5.41) is 29.7. The van der Waals surface area contributed by atoms with Crippen molar-refractivity contribution in [3.63, 3.8) is 0 Å². The minimum Gasteiger partial charge on any atom is -0.396 e. The van der Waals surface area contributed by atoms with Crippen LogP contribution >= 0.6 is 11.3 Å². The van der Waals surface area contributed by atoms with Crippen LogP contribution < -0.4 is 11.5 Å². The first-order valence-electron chi connectivity index (χ1n) is 8.18. The molecule has 1 heterocycles. The number of fused-ring (bicyclic) bond motifs is 1. The monoisotopic (exact) mass is 366 g/mol. The second kappa shape index (κ2) is 7.20. The molecular formula is C16H22N4O4S. The number of nitrogens with zero attached hydrogens (tertiary/aromatic N) is 2. The molecule has 5 unspecified atom stereocenters. The first kappa shape index (κ1) is 18.0. The number of nitrogens with two attached hydrogens (primary N) is 2. The van der Waals surface area contributed by atoms with E-state index < -0.39 is 36.0 Å². The molecule has 0 radical (unpaired) electrons. The number of hydrogen-bond donors (Lipinski definition) is 5. The maximum absolute atomic E-state index is 12.0. The standard InChI is InChI=1S/C16H22N4O4S/c17-14(19-9-5-7(6-21)12(22)13(9)23)11(15(18)24)16-20-8-3-1-2-4-10(8)25-16/h1,3,7,9,11-13,21-23H,2,4-6H2,(H2,17,19)(H2,18,24). The molecule has 0 saturated heterocycles. The summed E-state index contributed by atoms with van der Waals surface area (Å²) in [5.41, 5.74) is 12.4. The Morgan fingerprint density at radius 2 is 2.16 bits per heavy atom. The number of hydrogen-bond acceptors (Lipinski definition) is 7. The molecule has 1 aromatic heterocycles. The average molecular weight is 366 g/mol. The Labute approximate surface area is 148 Å². The summed E-state index contributed by atoms with van der Waals surface area (Å²) in [6.45, 7) is -0.255. The van der Waals surface area contributed by atoms with Crippen molar-refractivity contribution in [1.29, 1.82) is 0 Å². The Bertz CT molecular complexity index is 717. The third-order valence-electron chi connectivity index (χ3n) is 4.71. The molecule has 0 aromatic carbocycles. The van der Waals surface area contributed by atoms with Crippen LogP contribution in [0.1, 0.15) is 34.3 Å². The molecule has 0 bridgehead atoms. The van der Waals surface area contributed by atoms with Crippen LogP contribution in [0.25, 0.3) is 6.08 Å². The Kier molecular flexibility index (Phi) is 5.19. The van der Waals surface area contributed by atoms with Crippen molar-refractivity contribution in [2.24, 2.45) is 22.4 Å². The predicted molar refractivity (Wildman–Crippen MR) is 94.0 cm³/mol. The highest BCUT2D eigenvalue weighted by Gasteiger charge is 2.41. The molecule has 2 aliphatic rings. The van der Waals surface area contributed by atoms with Gasteiger partial charge in [0, 0.05) is 17.4 Å². The fraction of sp³-hybridized carbons (Fsp3) is 0.562.